The van der Waals surface area contributed by atoms with Gasteiger partial charge in [-0.1, -0.05) is 64.5 Å². The van der Waals surface area contributed by atoms with Gasteiger partial charge in [-0.2, -0.15) is 11.8 Å². The van der Waals surface area contributed by atoms with E-state index in [0.29, 0.717) is 0 Å². The van der Waals surface area contributed by atoms with Crippen molar-refractivity contribution in [2.75, 3.05) is 47.0 Å². The minimum absolute atomic E-state index is 0.226. The van der Waals surface area contributed by atoms with E-state index in [-0.39, 0.29) is 5.78 Å². The lowest BCUT2D eigenvalue weighted by Gasteiger charge is -2.44. The molecule has 2 heterocycles. The number of thioether (sulfide) groups is 1. The van der Waals surface area contributed by atoms with E-state index in [0.717, 1.165) is 59.1 Å². The van der Waals surface area contributed by atoms with Gasteiger partial charge in [-0.3, -0.25) is 9.46 Å². The first-order valence-corrected chi connectivity index (χ1v) is 15.1. The maximum Gasteiger partial charge on any atom is 0.284 e. The number of para-hydroxylation sites is 2. The first-order chi connectivity index (χ1) is 16.1. The molecule has 7 heteroatoms. The maximum absolute atomic E-state index is 15.7. The topological polar surface area (TPSA) is 26.8 Å². The molecule has 0 radical (unpaired) electrons. The fraction of sp³-hybridized carbons (Fsp3) is 0.308. The lowest BCUT2D eigenvalue weighted by molar-refractivity contribution is 0.273. The molecule has 0 bridgehead atoms. The third kappa shape index (κ3) is 4.39. The fourth-order valence-corrected chi connectivity index (χ4v) is 10.4. The van der Waals surface area contributed by atoms with Crippen molar-refractivity contribution in [2.45, 2.75) is 12.7 Å². The molecule has 0 aromatic heterocycles. The number of halogens is 1. The van der Waals surface area contributed by atoms with Crippen LogP contribution < -0.4 is 9.34 Å². The predicted octanol–water partition coefficient (Wildman–Crippen LogP) is 7.02. The molecule has 2 aliphatic heterocycles. The molecule has 2 saturated heterocycles. The number of hydrogen-bond acceptors (Lipinski definition) is 3. The Bertz CT molecular complexity index is 1090. The largest absolute Gasteiger partial charge is 0.304 e. The molecule has 2 aliphatic rings. The second kappa shape index (κ2) is 9.87. The Labute approximate surface area is 209 Å². The van der Waals surface area contributed by atoms with E-state index < -0.39 is 7.44 Å². The zero-order chi connectivity index (χ0) is 22.8. The highest BCUT2D eigenvalue weighted by molar-refractivity contribution is 9.10. The second-order valence-electron chi connectivity index (χ2n) is 8.55. The van der Waals surface area contributed by atoms with Crippen LogP contribution in [-0.2, 0) is 4.57 Å². The van der Waals surface area contributed by atoms with Crippen LogP contribution in [0.15, 0.2) is 83.3 Å². The number of anilines is 2. The standard InChI is InChI=1S/C26H29BrN3OPS/c1-21-12-13-24(25(27)20-21)26(28-16-18-33-19-17-28)32(31)29(22-8-4-2-5-9-22)14-15-30(32)23-10-6-3-7-11-23/h2-13,20,26H,14-19H2,1H3. The minimum atomic E-state index is -3.12. The van der Waals surface area contributed by atoms with Crippen LogP contribution in [0.2, 0.25) is 0 Å². The van der Waals surface area contributed by atoms with Crippen LogP contribution in [0, 0.1) is 6.92 Å². The summed E-state index contributed by atoms with van der Waals surface area (Å²) in [4.78, 5) is 2.46. The molecule has 0 N–H and O–H groups in total. The predicted molar refractivity (Wildman–Crippen MR) is 146 cm³/mol. The van der Waals surface area contributed by atoms with E-state index >= 15 is 4.57 Å². The summed E-state index contributed by atoms with van der Waals surface area (Å²) in [5, 5.41) is 0. The summed E-state index contributed by atoms with van der Waals surface area (Å²) < 4.78 is 21.1. The van der Waals surface area contributed by atoms with E-state index in [9.17, 15) is 0 Å². The van der Waals surface area contributed by atoms with E-state index in [4.69, 9.17) is 0 Å². The van der Waals surface area contributed by atoms with Crippen molar-refractivity contribution in [1.29, 1.82) is 0 Å². The third-order valence-corrected chi connectivity index (χ3v) is 11.6. The third-order valence-electron chi connectivity index (χ3n) is 6.47. The van der Waals surface area contributed by atoms with Gasteiger partial charge in [0.1, 0.15) is 5.78 Å². The molecular formula is C26H29BrN3OPS. The SMILES string of the molecule is Cc1ccc(C(N2CCSCC2)P2(=O)N(c3ccccc3)CCN2c2ccccc2)c(Br)c1. The van der Waals surface area contributed by atoms with Crippen LogP contribution in [0.4, 0.5) is 11.4 Å². The summed E-state index contributed by atoms with van der Waals surface area (Å²) in [5.41, 5.74) is 4.36. The highest BCUT2D eigenvalue weighted by Gasteiger charge is 2.52. The molecule has 0 aliphatic carbocycles. The molecule has 4 nitrogen and oxygen atoms in total. The highest BCUT2D eigenvalue weighted by Crippen LogP contribution is 2.70. The van der Waals surface area contributed by atoms with Gasteiger partial charge in [-0.25, -0.2) is 0 Å². The number of nitrogens with zero attached hydrogens (tertiary/aromatic N) is 3. The highest BCUT2D eigenvalue weighted by atomic mass is 79.9. The molecule has 1 atom stereocenters. The van der Waals surface area contributed by atoms with Crippen molar-refractivity contribution in [3.8, 4) is 0 Å². The average molecular weight is 542 g/mol. The maximum atomic E-state index is 15.7. The Balaban J connectivity index is 1.71. The molecule has 0 spiro atoms. The van der Waals surface area contributed by atoms with Crippen molar-refractivity contribution < 1.29 is 4.57 Å². The Kier molecular flexibility index (Phi) is 6.89. The van der Waals surface area contributed by atoms with Gasteiger partial charge in [0.2, 0.25) is 0 Å². The quantitative estimate of drug-likeness (QED) is 0.323. The van der Waals surface area contributed by atoms with Gasteiger partial charge in [-0.15, -0.1) is 0 Å². The summed E-state index contributed by atoms with van der Waals surface area (Å²) in [6.45, 7) is 5.44. The average Bonchev–Trinajstić information content (AvgIpc) is 3.20. The van der Waals surface area contributed by atoms with E-state index in [1.807, 2.05) is 48.2 Å². The fourth-order valence-electron chi connectivity index (χ4n) is 4.91. The van der Waals surface area contributed by atoms with E-state index in [1.165, 1.54) is 5.56 Å². The number of hydrogen-bond donors (Lipinski definition) is 0. The molecular weight excluding hydrogens is 513 g/mol. The van der Waals surface area contributed by atoms with Gasteiger partial charge < -0.3 is 9.34 Å². The van der Waals surface area contributed by atoms with Crippen LogP contribution in [0.3, 0.4) is 0 Å². The van der Waals surface area contributed by atoms with Crippen molar-refractivity contribution in [3.05, 3.63) is 94.5 Å². The lowest BCUT2D eigenvalue weighted by Crippen LogP contribution is -2.40. The summed E-state index contributed by atoms with van der Waals surface area (Å²) in [7, 11) is -3.12. The number of benzene rings is 3. The normalized spacial score (nSPS) is 19.6. The van der Waals surface area contributed by atoms with Crippen LogP contribution in [0.5, 0.6) is 0 Å². The van der Waals surface area contributed by atoms with E-state index in [1.54, 1.807) is 0 Å². The van der Waals surface area contributed by atoms with Crippen molar-refractivity contribution in [1.82, 2.24) is 4.90 Å². The van der Waals surface area contributed by atoms with Crippen molar-refractivity contribution in [2.24, 2.45) is 0 Å². The molecule has 2 fully saturated rings. The monoisotopic (exact) mass is 541 g/mol. The molecule has 3 aromatic rings. The minimum Gasteiger partial charge on any atom is -0.304 e. The van der Waals surface area contributed by atoms with Gasteiger partial charge in [-0.05, 0) is 48.4 Å². The number of rotatable bonds is 5. The van der Waals surface area contributed by atoms with Crippen molar-refractivity contribution in [3.63, 3.8) is 0 Å². The summed E-state index contributed by atoms with van der Waals surface area (Å²) in [6, 6.07) is 27.1. The Hall–Kier alpha value is -1.72. The Morgan fingerprint density at radius 3 is 1.88 bits per heavy atom. The molecule has 5 rings (SSSR count). The molecule has 1 unspecified atom stereocenters. The summed E-state index contributed by atoms with van der Waals surface area (Å²) in [6.07, 6.45) is 0. The van der Waals surface area contributed by atoms with Gasteiger partial charge in [0, 0.05) is 53.5 Å². The first-order valence-electron chi connectivity index (χ1n) is 11.4. The van der Waals surface area contributed by atoms with Gasteiger partial charge >= 0.3 is 0 Å². The smallest absolute Gasteiger partial charge is 0.284 e. The molecule has 3 aromatic carbocycles. The summed E-state index contributed by atoms with van der Waals surface area (Å²) in [5.74, 6) is 1.91. The van der Waals surface area contributed by atoms with Gasteiger partial charge in [0.05, 0.1) is 0 Å². The van der Waals surface area contributed by atoms with Crippen LogP contribution in [0.1, 0.15) is 16.9 Å². The van der Waals surface area contributed by atoms with Gasteiger partial charge in [0.25, 0.3) is 7.44 Å². The first kappa shape index (κ1) is 23.0. The summed E-state index contributed by atoms with van der Waals surface area (Å²) >= 11 is 5.83. The molecule has 0 amide bonds. The zero-order valence-corrected chi connectivity index (χ0v) is 22.1. The molecule has 0 saturated carbocycles. The van der Waals surface area contributed by atoms with Crippen LogP contribution in [-0.4, -0.2) is 42.6 Å². The lowest BCUT2D eigenvalue weighted by atomic mass is 10.1. The Morgan fingerprint density at radius 2 is 1.36 bits per heavy atom. The van der Waals surface area contributed by atoms with Crippen molar-refractivity contribution >= 4 is 46.5 Å². The zero-order valence-electron chi connectivity index (χ0n) is 18.8. The number of aryl methyl sites for hydroxylation is 1. The van der Waals surface area contributed by atoms with Gasteiger partial charge in [0.15, 0.2) is 0 Å². The Morgan fingerprint density at radius 1 is 0.818 bits per heavy atom. The molecule has 172 valence electrons. The van der Waals surface area contributed by atoms with E-state index in [2.05, 4.69) is 79.6 Å². The van der Waals surface area contributed by atoms with Crippen LogP contribution >= 0.6 is 35.1 Å². The molecule has 33 heavy (non-hydrogen) atoms. The second-order valence-corrected chi connectivity index (χ2v) is 13.3. The van der Waals surface area contributed by atoms with Crippen LogP contribution in [0.25, 0.3) is 0 Å².